The van der Waals surface area contributed by atoms with Crippen LogP contribution >= 0.6 is 0 Å². The molecule has 1 amide bonds. The highest BCUT2D eigenvalue weighted by atomic mass is 16.2. The largest absolute Gasteiger partial charge is 0.397 e. The molecule has 0 saturated carbocycles. The third-order valence-corrected chi connectivity index (χ3v) is 2.47. The second-order valence-electron chi connectivity index (χ2n) is 3.84. The van der Waals surface area contributed by atoms with Crippen molar-refractivity contribution in [2.24, 2.45) is 5.92 Å². The first-order valence-electron chi connectivity index (χ1n) is 5.48. The summed E-state index contributed by atoms with van der Waals surface area (Å²) in [5.74, 6) is -0.350. The summed E-state index contributed by atoms with van der Waals surface area (Å²) in [5, 5.41) is 8.76. The van der Waals surface area contributed by atoms with Crippen molar-refractivity contribution in [3.8, 4) is 6.07 Å². The average Bonchev–Trinajstić information content (AvgIpc) is 2.35. The Morgan fingerprint density at radius 1 is 1.71 bits per heavy atom. The highest BCUT2D eigenvalue weighted by Crippen LogP contribution is 2.13. The molecule has 1 rings (SSSR count). The van der Waals surface area contributed by atoms with E-state index in [1.54, 1.807) is 17.9 Å². The number of aromatic nitrogens is 1. The van der Waals surface area contributed by atoms with Gasteiger partial charge < -0.3 is 10.6 Å². The number of carbonyl (C=O) groups excluding carboxylic acids is 1. The van der Waals surface area contributed by atoms with Gasteiger partial charge in [-0.25, -0.2) is 0 Å². The number of nitriles is 1. The number of hydrogen-bond acceptors (Lipinski definition) is 4. The summed E-state index contributed by atoms with van der Waals surface area (Å²) in [6, 6.07) is 3.71. The molecule has 1 heterocycles. The molecule has 5 nitrogen and oxygen atoms in total. The lowest BCUT2D eigenvalue weighted by Gasteiger charge is -2.22. The van der Waals surface area contributed by atoms with Crippen LogP contribution in [0.2, 0.25) is 0 Å². The molecule has 0 radical (unpaired) electrons. The second kappa shape index (κ2) is 5.85. The van der Waals surface area contributed by atoms with Gasteiger partial charge in [0, 0.05) is 19.3 Å². The standard InChI is InChI=1S/C12H16N4O/c1-3-16(8-9(2)6-13)12(17)10-4-5-15-7-11(10)14/h4-5,7,9H,3,8,14H2,1-2H3. The quantitative estimate of drug-likeness (QED) is 0.847. The molecular formula is C12H16N4O. The topological polar surface area (TPSA) is 83.0 Å². The molecule has 0 spiro atoms. The molecule has 17 heavy (non-hydrogen) atoms. The van der Waals surface area contributed by atoms with E-state index in [2.05, 4.69) is 11.1 Å². The molecule has 0 aliphatic carbocycles. The van der Waals surface area contributed by atoms with E-state index in [4.69, 9.17) is 11.0 Å². The Kier molecular flexibility index (Phi) is 4.46. The monoisotopic (exact) mass is 232 g/mol. The van der Waals surface area contributed by atoms with E-state index in [9.17, 15) is 4.79 Å². The fourth-order valence-electron chi connectivity index (χ4n) is 1.50. The van der Waals surface area contributed by atoms with Gasteiger partial charge in [0.25, 0.3) is 5.91 Å². The molecule has 0 aliphatic rings. The van der Waals surface area contributed by atoms with Gasteiger partial charge in [0.1, 0.15) is 0 Å². The maximum absolute atomic E-state index is 12.2. The minimum atomic E-state index is -0.193. The van der Waals surface area contributed by atoms with Crippen LogP contribution in [0.1, 0.15) is 24.2 Å². The Labute approximate surface area is 101 Å². The van der Waals surface area contributed by atoms with Crippen LogP contribution in [0.5, 0.6) is 0 Å². The van der Waals surface area contributed by atoms with E-state index in [0.29, 0.717) is 24.3 Å². The molecule has 0 fully saturated rings. The van der Waals surface area contributed by atoms with Crippen molar-refractivity contribution in [3.05, 3.63) is 24.0 Å². The van der Waals surface area contributed by atoms with Gasteiger partial charge in [-0.05, 0) is 19.9 Å². The number of pyridine rings is 1. The molecule has 5 heteroatoms. The number of carbonyl (C=O) groups is 1. The van der Waals surface area contributed by atoms with Crippen LogP contribution in [0.3, 0.4) is 0 Å². The lowest BCUT2D eigenvalue weighted by molar-refractivity contribution is 0.0753. The van der Waals surface area contributed by atoms with Crippen LogP contribution in [-0.2, 0) is 0 Å². The fourth-order valence-corrected chi connectivity index (χ4v) is 1.50. The molecule has 2 N–H and O–H groups in total. The van der Waals surface area contributed by atoms with Crippen LogP contribution < -0.4 is 5.73 Å². The fraction of sp³-hybridized carbons (Fsp3) is 0.417. The van der Waals surface area contributed by atoms with Crippen molar-refractivity contribution < 1.29 is 4.79 Å². The van der Waals surface area contributed by atoms with Gasteiger partial charge in [0.15, 0.2) is 0 Å². The summed E-state index contributed by atoms with van der Waals surface area (Å²) in [4.78, 5) is 17.6. The van der Waals surface area contributed by atoms with Crippen molar-refractivity contribution in [2.45, 2.75) is 13.8 Å². The predicted molar refractivity (Wildman–Crippen MR) is 65.0 cm³/mol. The van der Waals surface area contributed by atoms with E-state index < -0.39 is 0 Å². The molecule has 1 aromatic heterocycles. The third-order valence-electron chi connectivity index (χ3n) is 2.47. The molecule has 0 bridgehead atoms. The van der Waals surface area contributed by atoms with E-state index in [1.165, 1.54) is 12.4 Å². The average molecular weight is 232 g/mol. The zero-order valence-electron chi connectivity index (χ0n) is 10.1. The van der Waals surface area contributed by atoms with Crippen LogP contribution in [0.15, 0.2) is 18.5 Å². The molecule has 0 aliphatic heterocycles. The molecular weight excluding hydrogens is 216 g/mol. The van der Waals surface area contributed by atoms with Crippen molar-refractivity contribution in [1.82, 2.24) is 9.88 Å². The summed E-state index contributed by atoms with van der Waals surface area (Å²) < 4.78 is 0. The Bertz CT molecular complexity index is 438. The highest BCUT2D eigenvalue weighted by Gasteiger charge is 2.18. The molecule has 0 aromatic carbocycles. The van der Waals surface area contributed by atoms with E-state index in [-0.39, 0.29) is 11.8 Å². The number of hydrogen-bond donors (Lipinski definition) is 1. The second-order valence-corrected chi connectivity index (χ2v) is 3.84. The van der Waals surface area contributed by atoms with Crippen molar-refractivity contribution in [1.29, 1.82) is 5.26 Å². The zero-order valence-corrected chi connectivity index (χ0v) is 10.1. The molecule has 0 saturated heterocycles. The Morgan fingerprint density at radius 2 is 2.41 bits per heavy atom. The third kappa shape index (κ3) is 3.18. The van der Waals surface area contributed by atoms with Gasteiger partial charge in [0.2, 0.25) is 0 Å². The van der Waals surface area contributed by atoms with Gasteiger partial charge in [-0.1, -0.05) is 0 Å². The number of nitrogens with two attached hydrogens (primary N) is 1. The van der Waals surface area contributed by atoms with E-state index in [1.807, 2.05) is 6.92 Å². The summed E-state index contributed by atoms with van der Waals surface area (Å²) in [5.41, 5.74) is 6.50. The predicted octanol–water partition coefficient (Wildman–Crippen LogP) is 1.29. The molecule has 1 atom stereocenters. The molecule has 1 aromatic rings. The van der Waals surface area contributed by atoms with Gasteiger partial charge in [0.05, 0.1) is 29.4 Å². The van der Waals surface area contributed by atoms with E-state index in [0.717, 1.165) is 0 Å². The Morgan fingerprint density at radius 3 is 2.94 bits per heavy atom. The minimum Gasteiger partial charge on any atom is -0.397 e. The Hall–Kier alpha value is -2.09. The van der Waals surface area contributed by atoms with Crippen molar-refractivity contribution in [2.75, 3.05) is 18.8 Å². The van der Waals surface area contributed by atoms with Crippen molar-refractivity contribution >= 4 is 11.6 Å². The number of amides is 1. The summed E-state index contributed by atoms with van der Waals surface area (Å²) >= 11 is 0. The summed E-state index contributed by atoms with van der Waals surface area (Å²) in [6.07, 6.45) is 2.99. The smallest absolute Gasteiger partial charge is 0.256 e. The summed E-state index contributed by atoms with van der Waals surface area (Å²) in [7, 11) is 0. The van der Waals surface area contributed by atoms with Crippen LogP contribution in [0.4, 0.5) is 5.69 Å². The Balaban J connectivity index is 2.88. The summed E-state index contributed by atoms with van der Waals surface area (Å²) in [6.45, 7) is 4.62. The SMILES string of the molecule is CCN(CC(C)C#N)C(=O)c1ccncc1N. The molecule has 90 valence electrons. The van der Waals surface area contributed by atoms with Crippen LogP contribution in [-0.4, -0.2) is 28.9 Å². The van der Waals surface area contributed by atoms with Gasteiger partial charge in [-0.15, -0.1) is 0 Å². The van der Waals surface area contributed by atoms with Crippen LogP contribution in [0, 0.1) is 17.2 Å². The van der Waals surface area contributed by atoms with Gasteiger partial charge in [-0.2, -0.15) is 5.26 Å². The maximum atomic E-state index is 12.2. The van der Waals surface area contributed by atoms with Gasteiger partial charge >= 0.3 is 0 Å². The number of nitrogens with zero attached hydrogens (tertiary/aromatic N) is 3. The van der Waals surface area contributed by atoms with Crippen LogP contribution in [0.25, 0.3) is 0 Å². The van der Waals surface area contributed by atoms with Crippen molar-refractivity contribution in [3.63, 3.8) is 0 Å². The lowest BCUT2D eigenvalue weighted by Crippen LogP contribution is -2.34. The number of nitrogen functional groups attached to an aromatic ring is 1. The first kappa shape index (κ1) is 13.0. The lowest BCUT2D eigenvalue weighted by atomic mass is 10.1. The number of rotatable bonds is 4. The normalized spacial score (nSPS) is 11.6. The zero-order chi connectivity index (χ0) is 12.8. The maximum Gasteiger partial charge on any atom is 0.256 e. The first-order valence-corrected chi connectivity index (χ1v) is 5.48. The van der Waals surface area contributed by atoms with E-state index >= 15 is 0 Å². The van der Waals surface area contributed by atoms with Gasteiger partial charge in [-0.3, -0.25) is 9.78 Å². The molecule has 1 unspecified atom stereocenters. The first-order chi connectivity index (χ1) is 8.10. The minimum absolute atomic E-state index is 0.158. The highest BCUT2D eigenvalue weighted by molar-refractivity contribution is 5.98. The number of anilines is 1.